The van der Waals surface area contributed by atoms with Gasteiger partial charge in [0.2, 0.25) is 11.8 Å². The molecule has 156 valence electrons. The Morgan fingerprint density at radius 1 is 1.10 bits per heavy atom. The zero-order valence-corrected chi connectivity index (χ0v) is 18.4. The summed E-state index contributed by atoms with van der Waals surface area (Å²) in [6.07, 6.45) is 2.00. The van der Waals surface area contributed by atoms with E-state index in [-0.39, 0.29) is 23.0 Å². The maximum absolute atomic E-state index is 13.1. The SMILES string of the molecule is Cc1cc(-c2nnc(SCC(=O)Nc3ccccc3)n2C(=O)CC(C)(C)C)ccn1. The number of nitrogens with one attached hydrogen (secondary N) is 1. The summed E-state index contributed by atoms with van der Waals surface area (Å²) >= 11 is 1.19. The Morgan fingerprint density at radius 2 is 1.83 bits per heavy atom. The second kappa shape index (κ2) is 9.21. The van der Waals surface area contributed by atoms with E-state index in [1.165, 1.54) is 16.3 Å². The van der Waals surface area contributed by atoms with Gasteiger partial charge in [-0.15, -0.1) is 10.2 Å². The van der Waals surface area contributed by atoms with E-state index in [9.17, 15) is 9.59 Å². The number of amides is 1. The lowest BCUT2D eigenvalue weighted by atomic mass is 9.92. The Morgan fingerprint density at radius 3 is 2.50 bits per heavy atom. The maximum Gasteiger partial charge on any atom is 0.234 e. The van der Waals surface area contributed by atoms with Gasteiger partial charge in [-0.25, -0.2) is 4.57 Å². The number of aryl methyl sites for hydroxylation is 1. The Bertz CT molecular complexity index is 1040. The van der Waals surface area contributed by atoms with Crippen LogP contribution in [0.4, 0.5) is 5.69 Å². The maximum atomic E-state index is 13.1. The molecule has 0 radical (unpaired) electrons. The summed E-state index contributed by atoms with van der Waals surface area (Å²) in [6.45, 7) is 7.90. The monoisotopic (exact) mass is 423 g/mol. The number of para-hydroxylation sites is 1. The van der Waals surface area contributed by atoms with Crippen molar-refractivity contribution in [3.05, 3.63) is 54.4 Å². The van der Waals surface area contributed by atoms with Crippen LogP contribution in [0.25, 0.3) is 11.4 Å². The zero-order chi connectivity index (χ0) is 21.7. The van der Waals surface area contributed by atoms with E-state index in [2.05, 4.69) is 20.5 Å². The second-order valence-electron chi connectivity index (χ2n) is 8.16. The topological polar surface area (TPSA) is 89.8 Å². The molecule has 0 fully saturated rings. The van der Waals surface area contributed by atoms with E-state index in [1.54, 1.807) is 12.3 Å². The van der Waals surface area contributed by atoms with Crippen LogP contribution in [0.3, 0.4) is 0 Å². The first-order valence-corrected chi connectivity index (χ1v) is 10.6. The van der Waals surface area contributed by atoms with Crippen molar-refractivity contribution in [1.82, 2.24) is 19.7 Å². The fraction of sp³-hybridized carbons (Fsp3) is 0.318. The summed E-state index contributed by atoms with van der Waals surface area (Å²) in [7, 11) is 0. The van der Waals surface area contributed by atoms with Crippen LogP contribution in [-0.2, 0) is 4.79 Å². The summed E-state index contributed by atoms with van der Waals surface area (Å²) in [5, 5.41) is 11.7. The van der Waals surface area contributed by atoms with E-state index in [1.807, 2.05) is 64.1 Å². The highest BCUT2D eigenvalue weighted by atomic mass is 32.2. The predicted octanol–water partition coefficient (Wildman–Crippen LogP) is 4.46. The van der Waals surface area contributed by atoms with Crippen molar-refractivity contribution in [3.63, 3.8) is 0 Å². The Balaban J connectivity index is 1.84. The van der Waals surface area contributed by atoms with Gasteiger partial charge in [-0.1, -0.05) is 50.7 Å². The van der Waals surface area contributed by atoms with Crippen molar-refractivity contribution in [2.75, 3.05) is 11.1 Å². The molecule has 8 heteroatoms. The van der Waals surface area contributed by atoms with E-state index in [0.717, 1.165) is 16.9 Å². The molecule has 2 heterocycles. The number of rotatable bonds is 6. The molecule has 0 atom stereocenters. The molecule has 1 amide bonds. The molecular weight excluding hydrogens is 398 g/mol. The molecule has 0 unspecified atom stereocenters. The largest absolute Gasteiger partial charge is 0.325 e. The zero-order valence-electron chi connectivity index (χ0n) is 17.5. The average molecular weight is 424 g/mol. The average Bonchev–Trinajstić information content (AvgIpc) is 3.10. The van der Waals surface area contributed by atoms with Crippen LogP contribution in [0.1, 0.15) is 37.7 Å². The van der Waals surface area contributed by atoms with Crippen LogP contribution >= 0.6 is 11.8 Å². The number of anilines is 1. The molecule has 0 bridgehead atoms. The van der Waals surface area contributed by atoms with E-state index >= 15 is 0 Å². The molecule has 0 aliphatic rings. The van der Waals surface area contributed by atoms with E-state index < -0.39 is 0 Å². The van der Waals surface area contributed by atoms with Gasteiger partial charge in [-0.2, -0.15) is 0 Å². The van der Waals surface area contributed by atoms with Gasteiger partial charge in [0.1, 0.15) is 0 Å². The Hall–Kier alpha value is -3.00. The first-order valence-electron chi connectivity index (χ1n) is 9.62. The quantitative estimate of drug-likeness (QED) is 0.589. The fourth-order valence-corrected chi connectivity index (χ4v) is 3.59. The van der Waals surface area contributed by atoms with Crippen LogP contribution in [0.15, 0.2) is 53.8 Å². The molecule has 1 aromatic carbocycles. The summed E-state index contributed by atoms with van der Waals surface area (Å²) in [5.74, 6) is 0.291. The van der Waals surface area contributed by atoms with Crippen molar-refractivity contribution in [3.8, 4) is 11.4 Å². The van der Waals surface area contributed by atoms with Crippen LogP contribution < -0.4 is 5.32 Å². The molecule has 0 aliphatic carbocycles. The third kappa shape index (κ3) is 5.76. The van der Waals surface area contributed by atoms with E-state index in [0.29, 0.717) is 17.4 Å². The van der Waals surface area contributed by atoms with Gasteiger partial charge < -0.3 is 5.32 Å². The van der Waals surface area contributed by atoms with Crippen molar-refractivity contribution in [1.29, 1.82) is 0 Å². The first kappa shape index (κ1) is 21.7. The van der Waals surface area contributed by atoms with Crippen molar-refractivity contribution in [2.45, 2.75) is 39.3 Å². The molecule has 0 saturated heterocycles. The third-order valence-electron chi connectivity index (χ3n) is 4.11. The standard InChI is InChI=1S/C22H25N5O2S/c1-15-12-16(10-11-23-15)20-25-26-21(27(20)19(29)13-22(2,3)4)30-14-18(28)24-17-8-6-5-7-9-17/h5-12H,13-14H2,1-4H3,(H,24,28). The number of hydrogen-bond donors (Lipinski definition) is 1. The lowest BCUT2D eigenvalue weighted by Gasteiger charge is -2.18. The number of carbonyl (C=O) groups excluding carboxylic acids is 2. The predicted molar refractivity (Wildman–Crippen MR) is 118 cm³/mol. The van der Waals surface area contributed by atoms with Gasteiger partial charge in [0.05, 0.1) is 5.75 Å². The van der Waals surface area contributed by atoms with Crippen molar-refractivity contribution < 1.29 is 9.59 Å². The van der Waals surface area contributed by atoms with Crippen LogP contribution in [0.5, 0.6) is 0 Å². The Labute approximate surface area is 180 Å². The minimum absolute atomic E-state index is 0.108. The highest BCUT2D eigenvalue weighted by Crippen LogP contribution is 2.28. The normalized spacial score (nSPS) is 11.3. The number of nitrogens with zero attached hydrogens (tertiary/aromatic N) is 4. The number of pyridine rings is 1. The molecule has 30 heavy (non-hydrogen) atoms. The highest BCUT2D eigenvalue weighted by Gasteiger charge is 2.25. The third-order valence-corrected chi connectivity index (χ3v) is 5.04. The number of hydrogen-bond acceptors (Lipinski definition) is 6. The van der Waals surface area contributed by atoms with Crippen molar-refractivity contribution >= 4 is 29.3 Å². The molecule has 3 rings (SSSR count). The van der Waals surface area contributed by atoms with Crippen LogP contribution in [0, 0.1) is 12.3 Å². The lowest BCUT2D eigenvalue weighted by molar-refractivity contribution is -0.113. The molecular formula is C22H25N5O2S. The molecule has 2 aromatic heterocycles. The molecule has 7 nitrogen and oxygen atoms in total. The summed E-state index contributed by atoms with van der Waals surface area (Å²) < 4.78 is 1.51. The number of benzene rings is 1. The van der Waals surface area contributed by atoms with Crippen molar-refractivity contribution in [2.24, 2.45) is 5.41 Å². The summed E-state index contributed by atoms with van der Waals surface area (Å²) in [5.41, 5.74) is 2.11. The van der Waals surface area contributed by atoms with Crippen LogP contribution in [0.2, 0.25) is 0 Å². The van der Waals surface area contributed by atoms with Crippen LogP contribution in [-0.4, -0.2) is 37.3 Å². The highest BCUT2D eigenvalue weighted by molar-refractivity contribution is 7.99. The van der Waals surface area contributed by atoms with Gasteiger partial charge in [-0.3, -0.25) is 14.6 Å². The molecule has 0 aliphatic heterocycles. The molecule has 0 saturated carbocycles. The fourth-order valence-electron chi connectivity index (χ4n) is 2.84. The number of aromatic nitrogens is 4. The second-order valence-corrected chi connectivity index (χ2v) is 9.10. The first-order chi connectivity index (χ1) is 14.2. The summed E-state index contributed by atoms with van der Waals surface area (Å²) in [6, 6.07) is 12.9. The van der Waals surface area contributed by atoms with Gasteiger partial charge in [0, 0.05) is 29.6 Å². The molecule has 1 N–H and O–H groups in total. The van der Waals surface area contributed by atoms with Gasteiger partial charge in [0.15, 0.2) is 11.0 Å². The number of carbonyl (C=O) groups is 2. The summed E-state index contributed by atoms with van der Waals surface area (Å²) in [4.78, 5) is 29.7. The Kier molecular flexibility index (Phi) is 6.66. The molecule has 3 aromatic rings. The minimum Gasteiger partial charge on any atom is -0.325 e. The van der Waals surface area contributed by atoms with E-state index in [4.69, 9.17) is 0 Å². The van der Waals surface area contributed by atoms with Gasteiger partial charge >= 0.3 is 0 Å². The lowest BCUT2D eigenvalue weighted by Crippen LogP contribution is -2.21. The molecule has 0 spiro atoms. The smallest absolute Gasteiger partial charge is 0.234 e. The number of thioether (sulfide) groups is 1. The van der Waals surface area contributed by atoms with Gasteiger partial charge in [-0.05, 0) is 36.6 Å². The minimum atomic E-state index is -0.195. The van der Waals surface area contributed by atoms with Gasteiger partial charge in [0.25, 0.3) is 0 Å².